The number of nitrogens with one attached hydrogen (secondary N) is 2. The van der Waals surface area contributed by atoms with Crippen molar-refractivity contribution in [3.8, 4) is 0 Å². The third kappa shape index (κ3) is 9.28. The van der Waals surface area contributed by atoms with Crippen molar-refractivity contribution in [2.75, 3.05) is 6.54 Å². The molecule has 5 nitrogen and oxygen atoms in total. The first-order valence-electron chi connectivity index (χ1n) is 12.1. The number of amides is 1. The zero-order chi connectivity index (χ0) is 26.9. The second kappa shape index (κ2) is 13.7. The predicted molar refractivity (Wildman–Crippen MR) is 148 cm³/mol. The zero-order valence-electron chi connectivity index (χ0n) is 20.9. The van der Waals surface area contributed by atoms with Crippen molar-refractivity contribution in [2.24, 2.45) is 0 Å². The number of ketones is 1. The molecule has 3 rings (SSSR count). The minimum absolute atomic E-state index is 0.0119. The molecule has 8 heteroatoms. The standard InChI is InChI=1S/C29H31F2IN2O3/c1-18-6-7-25(19(2)10-18)27(35)8-9-29(37)34-26(14-21-11-22(30)15-23(31)12-21)28(36)17-33-16-20-4-3-5-24(32)13-20/h3-7,10-13,15,26,28,33,36H,8-9,14,16-17H2,1-2H3,(H,34,37)/t26-,28-/m1/s1. The first kappa shape index (κ1) is 28.9. The number of aliphatic hydroxyl groups excluding tert-OH is 1. The van der Waals surface area contributed by atoms with Crippen LogP contribution in [0.5, 0.6) is 0 Å². The maximum atomic E-state index is 13.8. The van der Waals surface area contributed by atoms with Gasteiger partial charge in [-0.15, -0.1) is 0 Å². The van der Waals surface area contributed by atoms with E-state index in [0.717, 1.165) is 26.3 Å². The summed E-state index contributed by atoms with van der Waals surface area (Å²) in [6.07, 6.45) is -1.06. The van der Waals surface area contributed by atoms with Crippen LogP contribution in [0.15, 0.2) is 60.7 Å². The highest BCUT2D eigenvalue weighted by Crippen LogP contribution is 2.15. The summed E-state index contributed by atoms with van der Waals surface area (Å²) >= 11 is 2.22. The van der Waals surface area contributed by atoms with Gasteiger partial charge in [-0.05, 0) is 83.8 Å². The molecule has 0 bridgehead atoms. The third-order valence-corrected chi connectivity index (χ3v) is 6.69. The van der Waals surface area contributed by atoms with Crippen LogP contribution < -0.4 is 10.6 Å². The lowest BCUT2D eigenvalue weighted by Crippen LogP contribution is -2.48. The fraction of sp³-hybridized carbons (Fsp3) is 0.310. The van der Waals surface area contributed by atoms with E-state index in [4.69, 9.17) is 0 Å². The number of halogens is 3. The van der Waals surface area contributed by atoms with E-state index in [2.05, 4.69) is 33.2 Å². The van der Waals surface area contributed by atoms with Gasteiger partial charge >= 0.3 is 0 Å². The van der Waals surface area contributed by atoms with Crippen molar-refractivity contribution in [3.05, 3.63) is 104 Å². The van der Waals surface area contributed by atoms with Gasteiger partial charge in [0.05, 0.1) is 12.1 Å². The quantitative estimate of drug-likeness (QED) is 0.196. The zero-order valence-corrected chi connectivity index (χ0v) is 23.0. The van der Waals surface area contributed by atoms with Gasteiger partial charge in [0, 0.05) is 41.1 Å². The summed E-state index contributed by atoms with van der Waals surface area (Å²) in [4.78, 5) is 25.4. The smallest absolute Gasteiger partial charge is 0.220 e. The molecule has 3 N–H and O–H groups in total. The van der Waals surface area contributed by atoms with Crippen LogP contribution in [0.4, 0.5) is 8.78 Å². The predicted octanol–water partition coefficient (Wildman–Crippen LogP) is 5.03. The molecule has 0 saturated heterocycles. The topological polar surface area (TPSA) is 78.4 Å². The summed E-state index contributed by atoms with van der Waals surface area (Å²) in [6, 6.07) is 15.7. The van der Waals surface area contributed by atoms with Crippen molar-refractivity contribution in [1.82, 2.24) is 10.6 Å². The molecule has 3 aromatic rings. The Morgan fingerprint density at radius 2 is 1.68 bits per heavy atom. The van der Waals surface area contributed by atoms with E-state index in [9.17, 15) is 23.5 Å². The van der Waals surface area contributed by atoms with Gasteiger partial charge in [-0.25, -0.2) is 8.78 Å². The van der Waals surface area contributed by atoms with Crippen LogP contribution in [0.1, 0.15) is 45.5 Å². The lowest BCUT2D eigenvalue weighted by Gasteiger charge is -2.25. The Bertz CT molecular complexity index is 1230. The van der Waals surface area contributed by atoms with Gasteiger partial charge in [0.25, 0.3) is 0 Å². The average Bonchev–Trinajstić information content (AvgIpc) is 2.81. The van der Waals surface area contributed by atoms with Crippen molar-refractivity contribution in [1.29, 1.82) is 0 Å². The van der Waals surface area contributed by atoms with Crippen LogP contribution >= 0.6 is 22.6 Å². The molecule has 0 radical (unpaired) electrons. The van der Waals surface area contributed by atoms with Crippen LogP contribution in [-0.4, -0.2) is 35.5 Å². The molecule has 0 aliphatic rings. The molecule has 0 heterocycles. The maximum Gasteiger partial charge on any atom is 0.220 e. The summed E-state index contributed by atoms with van der Waals surface area (Å²) in [6.45, 7) is 4.46. The number of carbonyl (C=O) groups excluding carboxylic acids is 2. The normalized spacial score (nSPS) is 12.7. The van der Waals surface area contributed by atoms with Crippen LogP contribution in [0, 0.1) is 29.1 Å². The Morgan fingerprint density at radius 3 is 2.35 bits per heavy atom. The number of Topliss-reactive ketones (excluding diaryl/α,β-unsaturated/α-hetero) is 1. The lowest BCUT2D eigenvalue weighted by molar-refractivity contribution is -0.122. The van der Waals surface area contributed by atoms with Crippen molar-refractivity contribution >= 4 is 34.3 Å². The van der Waals surface area contributed by atoms with Gasteiger partial charge in [0.2, 0.25) is 5.91 Å². The molecule has 3 aromatic carbocycles. The van der Waals surface area contributed by atoms with Crippen LogP contribution in [0.25, 0.3) is 0 Å². The van der Waals surface area contributed by atoms with Crippen molar-refractivity contribution < 1.29 is 23.5 Å². The molecule has 0 spiro atoms. The van der Waals surface area contributed by atoms with Gasteiger partial charge in [-0.2, -0.15) is 0 Å². The number of rotatable bonds is 12. The molecule has 0 aromatic heterocycles. The number of aliphatic hydroxyl groups is 1. The maximum absolute atomic E-state index is 13.8. The summed E-state index contributed by atoms with van der Waals surface area (Å²) < 4.78 is 28.6. The summed E-state index contributed by atoms with van der Waals surface area (Å²) in [5, 5.41) is 16.8. The second-order valence-corrected chi connectivity index (χ2v) is 10.5. The van der Waals surface area contributed by atoms with E-state index >= 15 is 0 Å². The Kier molecular flexibility index (Phi) is 10.7. The molecule has 196 valence electrons. The molecular formula is C29H31F2IN2O3. The van der Waals surface area contributed by atoms with Gasteiger partial charge < -0.3 is 15.7 Å². The SMILES string of the molecule is Cc1ccc(C(=O)CCC(=O)N[C@H](Cc2cc(F)cc(F)c2)[C@H](O)CNCc2cccc(I)c2)c(C)c1. The minimum atomic E-state index is -1.03. The summed E-state index contributed by atoms with van der Waals surface area (Å²) in [5.74, 6) is -2.02. The van der Waals surface area contributed by atoms with Gasteiger partial charge in [-0.3, -0.25) is 9.59 Å². The monoisotopic (exact) mass is 620 g/mol. The minimum Gasteiger partial charge on any atom is -0.390 e. The molecule has 0 aliphatic heterocycles. The van der Waals surface area contributed by atoms with E-state index in [-0.39, 0.29) is 31.6 Å². The van der Waals surface area contributed by atoms with E-state index < -0.39 is 29.7 Å². The highest BCUT2D eigenvalue weighted by atomic mass is 127. The first-order chi connectivity index (χ1) is 17.6. The average molecular weight is 620 g/mol. The Hall–Kier alpha value is -2.69. The van der Waals surface area contributed by atoms with E-state index in [1.54, 1.807) is 6.07 Å². The second-order valence-electron chi connectivity index (χ2n) is 9.23. The summed E-state index contributed by atoms with van der Waals surface area (Å²) in [5.41, 5.74) is 3.83. The first-order valence-corrected chi connectivity index (χ1v) is 13.2. The number of carbonyl (C=O) groups is 2. The number of aryl methyl sites for hydroxylation is 2. The van der Waals surface area contributed by atoms with Gasteiger partial charge in [-0.1, -0.05) is 35.9 Å². The molecule has 1 amide bonds. The molecule has 0 unspecified atom stereocenters. The highest BCUT2D eigenvalue weighted by molar-refractivity contribution is 14.1. The number of benzene rings is 3. The Labute approximate surface area is 229 Å². The fourth-order valence-electron chi connectivity index (χ4n) is 4.19. The van der Waals surface area contributed by atoms with Crippen LogP contribution in [-0.2, 0) is 17.8 Å². The molecule has 0 fully saturated rings. The molecule has 2 atom stereocenters. The molecule has 37 heavy (non-hydrogen) atoms. The largest absolute Gasteiger partial charge is 0.390 e. The lowest BCUT2D eigenvalue weighted by atomic mass is 9.98. The fourth-order valence-corrected chi connectivity index (χ4v) is 4.79. The Balaban J connectivity index is 1.63. The van der Waals surface area contributed by atoms with E-state index in [1.807, 2.05) is 50.2 Å². The summed E-state index contributed by atoms with van der Waals surface area (Å²) in [7, 11) is 0. The molecule has 0 aliphatic carbocycles. The van der Waals surface area contributed by atoms with E-state index in [1.165, 1.54) is 12.1 Å². The van der Waals surface area contributed by atoms with Gasteiger partial charge in [0.1, 0.15) is 11.6 Å². The van der Waals surface area contributed by atoms with Crippen molar-refractivity contribution in [3.63, 3.8) is 0 Å². The van der Waals surface area contributed by atoms with Crippen LogP contribution in [0.3, 0.4) is 0 Å². The van der Waals surface area contributed by atoms with Crippen molar-refractivity contribution in [2.45, 2.75) is 51.8 Å². The highest BCUT2D eigenvalue weighted by Gasteiger charge is 2.23. The molecular weight excluding hydrogens is 589 g/mol. The van der Waals surface area contributed by atoms with Gasteiger partial charge in [0.15, 0.2) is 5.78 Å². The number of hydrogen-bond donors (Lipinski definition) is 3. The molecule has 0 saturated carbocycles. The van der Waals surface area contributed by atoms with E-state index in [0.29, 0.717) is 17.7 Å². The Morgan fingerprint density at radius 1 is 0.946 bits per heavy atom. The van der Waals surface area contributed by atoms with Crippen LogP contribution in [0.2, 0.25) is 0 Å². The number of hydrogen-bond acceptors (Lipinski definition) is 4. The third-order valence-electron chi connectivity index (χ3n) is 6.02.